The maximum Gasteiger partial charge on any atom is 0.410 e. The third-order valence-corrected chi connectivity index (χ3v) is 3.48. The summed E-state index contributed by atoms with van der Waals surface area (Å²) in [4.78, 5) is 13.7. The molecule has 1 heterocycles. The average molecular weight is 295 g/mol. The number of methoxy groups -OCH3 is 1. The van der Waals surface area contributed by atoms with Crippen LogP contribution in [0.15, 0.2) is 18.2 Å². The van der Waals surface area contributed by atoms with Gasteiger partial charge in [-0.3, -0.25) is 0 Å². The van der Waals surface area contributed by atoms with Crippen LogP contribution in [0.1, 0.15) is 38.7 Å². The van der Waals surface area contributed by atoms with E-state index in [4.69, 9.17) is 9.47 Å². The first-order valence-electron chi connectivity index (χ1n) is 7.12. The molecule has 0 radical (unpaired) electrons. The van der Waals surface area contributed by atoms with Crippen LogP contribution in [0.25, 0.3) is 0 Å². The highest BCUT2D eigenvalue weighted by Gasteiger charge is 2.32. The van der Waals surface area contributed by atoms with Crippen LogP contribution in [0.2, 0.25) is 0 Å². The summed E-state index contributed by atoms with van der Waals surface area (Å²) in [6.07, 6.45) is 0.458. The lowest BCUT2D eigenvalue weighted by Crippen LogP contribution is -2.35. The minimum atomic E-state index is -0.508. The van der Waals surface area contributed by atoms with Gasteiger partial charge in [-0.05, 0) is 33.3 Å². The highest BCUT2D eigenvalue weighted by Crippen LogP contribution is 2.35. The van der Waals surface area contributed by atoms with Gasteiger partial charge in [0.2, 0.25) is 0 Å². The highest BCUT2D eigenvalue weighted by atomic mass is 19.1. The minimum absolute atomic E-state index is 0.0724. The molecule has 21 heavy (non-hydrogen) atoms. The van der Waals surface area contributed by atoms with Crippen molar-refractivity contribution in [3.63, 3.8) is 0 Å². The number of likely N-dealkylation sites (tertiary alicyclic amines) is 1. The molecule has 1 aliphatic heterocycles. The molecule has 1 aromatic rings. The van der Waals surface area contributed by atoms with E-state index in [0.717, 1.165) is 12.0 Å². The fraction of sp³-hybridized carbons (Fsp3) is 0.562. The number of amides is 1. The number of hydrogen-bond acceptors (Lipinski definition) is 3. The lowest BCUT2D eigenvalue weighted by molar-refractivity contribution is 0.0292. The van der Waals surface area contributed by atoms with Crippen LogP contribution < -0.4 is 4.74 Å². The zero-order valence-electron chi connectivity index (χ0n) is 13.0. The number of rotatable bonds is 2. The average Bonchev–Trinajstić information content (AvgIpc) is 2.86. The van der Waals surface area contributed by atoms with Crippen molar-refractivity contribution in [2.45, 2.75) is 38.7 Å². The molecule has 1 amide bonds. The van der Waals surface area contributed by atoms with Gasteiger partial charge in [0, 0.05) is 24.6 Å². The lowest BCUT2D eigenvalue weighted by atomic mass is 9.97. The topological polar surface area (TPSA) is 38.8 Å². The molecule has 4 nitrogen and oxygen atoms in total. The quantitative estimate of drug-likeness (QED) is 0.837. The van der Waals surface area contributed by atoms with E-state index < -0.39 is 5.60 Å². The van der Waals surface area contributed by atoms with Crippen LogP contribution in [-0.4, -0.2) is 36.8 Å². The van der Waals surface area contributed by atoms with Gasteiger partial charge >= 0.3 is 6.09 Å². The number of ether oxygens (including phenoxy) is 2. The van der Waals surface area contributed by atoms with Gasteiger partial charge in [0.1, 0.15) is 5.60 Å². The van der Waals surface area contributed by atoms with Crippen molar-refractivity contribution in [2.24, 2.45) is 0 Å². The minimum Gasteiger partial charge on any atom is -0.493 e. The monoisotopic (exact) mass is 295 g/mol. The summed E-state index contributed by atoms with van der Waals surface area (Å²) in [7, 11) is 1.46. The summed E-state index contributed by atoms with van der Waals surface area (Å²) in [6.45, 7) is 6.66. The van der Waals surface area contributed by atoms with E-state index in [9.17, 15) is 9.18 Å². The number of nitrogens with zero attached hydrogens (tertiary/aromatic N) is 1. The number of hydrogen-bond donors (Lipinski definition) is 0. The Bertz CT molecular complexity index is 525. The van der Waals surface area contributed by atoms with Crippen LogP contribution in [0.4, 0.5) is 9.18 Å². The van der Waals surface area contributed by atoms with Crippen molar-refractivity contribution in [3.05, 3.63) is 29.6 Å². The van der Waals surface area contributed by atoms with Gasteiger partial charge in [-0.15, -0.1) is 0 Å². The van der Waals surface area contributed by atoms with Crippen LogP contribution in [0, 0.1) is 5.82 Å². The molecular weight excluding hydrogens is 273 g/mol. The molecule has 0 spiro atoms. The Hall–Kier alpha value is -1.78. The Labute approximate surface area is 124 Å². The Kier molecular flexibility index (Phi) is 4.40. The van der Waals surface area contributed by atoms with E-state index in [1.54, 1.807) is 11.0 Å². The molecule has 1 atom stereocenters. The predicted molar refractivity (Wildman–Crippen MR) is 78.1 cm³/mol. The zero-order chi connectivity index (χ0) is 15.6. The van der Waals surface area contributed by atoms with Crippen molar-refractivity contribution in [1.29, 1.82) is 0 Å². The van der Waals surface area contributed by atoms with Gasteiger partial charge in [-0.25, -0.2) is 9.18 Å². The van der Waals surface area contributed by atoms with Gasteiger partial charge in [-0.2, -0.15) is 0 Å². The normalized spacial score (nSPS) is 18.7. The molecule has 116 valence electrons. The standard InChI is InChI=1S/C16H22FNO3/c1-16(2,3)21-15(19)18-9-8-11(10-18)12-6-5-7-13(17)14(12)20-4/h5-7,11H,8-10H2,1-4H3. The summed E-state index contributed by atoms with van der Waals surface area (Å²) in [5, 5.41) is 0. The molecule has 0 N–H and O–H groups in total. The molecular formula is C16H22FNO3. The second kappa shape index (κ2) is 5.92. The lowest BCUT2D eigenvalue weighted by Gasteiger charge is -2.24. The molecule has 0 bridgehead atoms. The molecule has 1 saturated heterocycles. The van der Waals surface area contributed by atoms with Crippen LogP contribution in [0.3, 0.4) is 0 Å². The highest BCUT2D eigenvalue weighted by molar-refractivity contribution is 5.68. The van der Waals surface area contributed by atoms with Crippen LogP contribution in [0.5, 0.6) is 5.75 Å². The maximum absolute atomic E-state index is 13.8. The second-order valence-corrected chi connectivity index (χ2v) is 6.27. The maximum atomic E-state index is 13.8. The Morgan fingerprint density at radius 2 is 2.10 bits per heavy atom. The fourth-order valence-corrected chi connectivity index (χ4v) is 2.57. The first-order valence-corrected chi connectivity index (χ1v) is 7.12. The van der Waals surface area contributed by atoms with E-state index in [1.165, 1.54) is 13.2 Å². The molecule has 0 saturated carbocycles. The first-order chi connectivity index (χ1) is 9.81. The number of para-hydroxylation sites is 1. The van der Waals surface area contributed by atoms with Crippen molar-refractivity contribution >= 4 is 6.09 Å². The molecule has 1 aromatic carbocycles. The Balaban J connectivity index is 2.09. The smallest absolute Gasteiger partial charge is 0.410 e. The van der Waals surface area contributed by atoms with Crippen LogP contribution in [-0.2, 0) is 4.74 Å². The van der Waals surface area contributed by atoms with Crippen molar-refractivity contribution in [3.8, 4) is 5.75 Å². The third kappa shape index (κ3) is 3.65. The Morgan fingerprint density at radius 1 is 1.38 bits per heavy atom. The number of carbonyl (C=O) groups excluding carboxylic acids is 1. The molecule has 0 aromatic heterocycles. The largest absolute Gasteiger partial charge is 0.493 e. The molecule has 1 unspecified atom stereocenters. The van der Waals surface area contributed by atoms with E-state index in [0.29, 0.717) is 13.1 Å². The summed E-state index contributed by atoms with van der Waals surface area (Å²) in [5.41, 5.74) is 0.301. The summed E-state index contributed by atoms with van der Waals surface area (Å²) >= 11 is 0. The van der Waals surface area contributed by atoms with Gasteiger partial charge < -0.3 is 14.4 Å². The van der Waals surface area contributed by atoms with Crippen molar-refractivity contribution < 1.29 is 18.7 Å². The van der Waals surface area contributed by atoms with Crippen molar-refractivity contribution in [2.75, 3.05) is 20.2 Å². The van der Waals surface area contributed by atoms with E-state index >= 15 is 0 Å². The summed E-state index contributed by atoms with van der Waals surface area (Å²) in [5.74, 6) is -0.0255. The zero-order valence-corrected chi connectivity index (χ0v) is 13.0. The van der Waals surface area contributed by atoms with E-state index in [1.807, 2.05) is 26.8 Å². The van der Waals surface area contributed by atoms with E-state index in [2.05, 4.69) is 0 Å². The molecule has 5 heteroatoms. The molecule has 2 rings (SSSR count). The summed E-state index contributed by atoms with van der Waals surface area (Å²) in [6, 6.07) is 4.90. The molecule has 0 aliphatic carbocycles. The first kappa shape index (κ1) is 15.6. The number of carbonyl (C=O) groups is 1. The van der Waals surface area contributed by atoms with Gasteiger partial charge in [0.05, 0.1) is 7.11 Å². The third-order valence-electron chi connectivity index (χ3n) is 3.48. The number of halogens is 1. The van der Waals surface area contributed by atoms with Crippen LogP contribution >= 0.6 is 0 Å². The molecule has 1 fully saturated rings. The SMILES string of the molecule is COc1c(F)cccc1C1CCN(C(=O)OC(C)(C)C)C1. The second-order valence-electron chi connectivity index (χ2n) is 6.27. The van der Waals surface area contributed by atoms with Gasteiger partial charge in [-0.1, -0.05) is 12.1 Å². The fourth-order valence-electron chi connectivity index (χ4n) is 2.57. The summed E-state index contributed by atoms with van der Waals surface area (Å²) < 4.78 is 24.3. The van der Waals surface area contributed by atoms with Gasteiger partial charge in [0.25, 0.3) is 0 Å². The van der Waals surface area contributed by atoms with Gasteiger partial charge in [0.15, 0.2) is 11.6 Å². The van der Waals surface area contributed by atoms with Crippen molar-refractivity contribution in [1.82, 2.24) is 4.90 Å². The van der Waals surface area contributed by atoms with E-state index in [-0.39, 0.29) is 23.6 Å². The number of benzene rings is 1. The predicted octanol–water partition coefficient (Wildman–Crippen LogP) is 3.56. The Morgan fingerprint density at radius 3 is 2.71 bits per heavy atom. The molecule has 1 aliphatic rings.